The smallest absolute Gasteiger partial charge is 0.270 e. The number of thiophene rings is 1. The molecule has 174 valence electrons. The Balaban J connectivity index is 1.34. The van der Waals surface area contributed by atoms with E-state index in [4.69, 9.17) is 9.72 Å². The average Bonchev–Trinajstić information content (AvgIpc) is 3.33. The lowest BCUT2D eigenvalue weighted by molar-refractivity contribution is -0.125. The molecule has 5 rings (SSSR count). The van der Waals surface area contributed by atoms with Crippen molar-refractivity contribution in [2.45, 2.75) is 19.4 Å². The number of benzene rings is 2. The zero-order valence-corrected chi connectivity index (χ0v) is 19.7. The predicted molar refractivity (Wildman–Crippen MR) is 135 cm³/mol. The molecule has 1 aliphatic rings. The van der Waals surface area contributed by atoms with Gasteiger partial charge in [0.25, 0.3) is 5.56 Å². The number of hydrogen-bond acceptors (Lipinski definition) is 6. The lowest BCUT2D eigenvalue weighted by atomic mass is 9.97. The van der Waals surface area contributed by atoms with Gasteiger partial charge in [-0.3, -0.25) is 14.6 Å². The van der Waals surface area contributed by atoms with E-state index in [1.54, 1.807) is 7.11 Å². The third-order valence-electron chi connectivity index (χ3n) is 6.24. The first kappa shape index (κ1) is 22.2. The molecule has 7 nitrogen and oxygen atoms in total. The molecule has 0 saturated carbocycles. The third-order valence-corrected chi connectivity index (χ3v) is 7.20. The first-order valence-corrected chi connectivity index (χ1v) is 12.2. The number of rotatable bonds is 6. The van der Waals surface area contributed by atoms with Crippen molar-refractivity contribution in [2.75, 3.05) is 25.1 Å². The van der Waals surface area contributed by atoms with E-state index in [0.717, 1.165) is 41.8 Å². The van der Waals surface area contributed by atoms with Gasteiger partial charge in [0.15, 0.2) is 0 Å². The molecule has 1 amide bonds. The Kier molecular flexibility index (Phi) is 6.31. The number of piperidine rings is 1. The number of aromatic amines is 1. The molecule has 1 atom stereocenters. The van der Waals surface area contributed by atoms with Gasteiger partial charge in [0.2, 0.25) is 11.9 Å². The van der Waals surface area contributed by atoms with Crippen molar-refractivity contribution in [3.63, 3.8) is 0 Å². The molecule has 0 bridgehead atoms. The summed E-state index contributed by atoms with van der Waals surface area (Å²) < 4.78 is 5.99. The van der Waals surface area contributed by atoms with Gasteiger partial charge < -0.3 is 15.0 Å². The van der Waals surface area contributed by atoms with Crippen molar-refractivity contribution in [1.29, 1.82) is 0 Å². The molecule has 34 heavy (non-hydrogen) atoms. The van der Waals surface area contributed by atoms with Crippen LogP contribution in [-0.2, 0) is 11.3 Å². The number of carbonyl (C=O) groups excluding carboxylic acids is 1. The van der Waals surface area contributed by atoms with Crippen molar-refractivity contribution < 1.29 is 9.53 Å². The monoisotopic (exact) mass is 474 g/mol. The van der Waals surface area contributed by atoms with Crippen LogP contribution in [0.2, 0.25) is 0 Å². The minimum absolute atomic E-state index is 0.000427. The van der Waals surface area contributed by atoms with Crippen LogP contribution in [0.3, 0.4) is 0 Å². The van der Waals surface area contributed by atoms with Crippen molar-refractivity contribution >= 4 is 33.4 Å². The molecule has 8 heteroatoms. The van der Waals surface area contributed by atoms with Crippen LogP contribution >= 0.6 is 11.3 Å². The number of anilines is 1. The van der Waals surface area contributed by atoms with Gasteiger partial charge in [0.05, 0.1) is 18.5 Å². The van der Waals surface area contributed by atoms with Gasteiger partial charge in [-0.2, -0.15) is 0 Å². The highest BCUT2D eigenvalue weighted by Gasteiger charge is 2.27. The van der Waals surface area contributed by atoms with Crippen LogP contribution in [0.25, 0.3) is 21.3 Å². The number of methoxy groups -OCH3 is 1. The van der Waals surface area contributed by atoms with E-state index >= 15 is 0 Å². The maximum Gasteiger partial charge on any atom is 0.270 e. The minimum atomic E-state index is -0.180. The van der Waals surface area contributed by atoms with Gasteiger partial charge in [-0.1, -0.05) is 48.5 Å². The van der Waals surface area contributed by atoms with E-state index in [1.807, 2.05) is 64.9 Å². The van der Waals surface area contributed by atoms with Crippen molar-refractivity contribution in [3.8, 4) is 16.9 Å². The zero-order chi connectivity index (χ0) is 23.5. The Labute approximate surface area is 201 Å². The Morgan fingerprint density at radius 2 is 2.00 bits per heavy atom. The summed E-state index contributed by atoms with van der Waals surface area (Å²) in [6.07, 6.45) is 1.65. The molecule has 0 aliphatic carbocycles. The number of hydrogen-bond donors (Lipinski definition) is 2. The lowest BCUT2D eigenvalue weighted by Gasteiger charge is -2.32. The summed E-state index contributed by atoms with van der Waals surface area (Å²) in [6, 6.07) is 17.6. The number of aromatic nitrogens is 2. The van der Waals surface area contributed by atoms with Crippen LogP contribution in [0, 0.1) is 5.92 Å². The molecule has 1 saturated heterocycles. The van der Waals surface area contributed by atoms with Crippen LogP contribution in [0.15, 0.2) is 64.8 Å². The second-order valence-corrected chi connectivity index (χ2v) is 9.28. The lowest BCUT2D eigenvalue weighted by Crippen LogP contribution is -2.44. The largest absolute Gasteiger partial charge is 0.496 e. The molecule has 2 aromatic carbocycles. The first-order chi connectivity index (χ1) is 16.6. The fourth-order valence-electron chi connectivity index (χ4n) is 4.45. The number of amides is 1. The summed E-state index contributed by atoms with van der Waals surface area (Å²) in [6.45, 7) is 1.67. The molecule has 0 spiro atoms. The van der Waals surface area contributed by atoms with Crippen LogP contribution in [-0.4, -0.2) is 36.1 Å². The maximum atomic E-state index is 13.0. The summed E-state index contributed by atoms with van der Waals surface area (Å²) >= 11 is 1.40. The normalized spacial score (nSPS) is 15.9. The van der Waals surface area contributed by atoms with Crippen molar-refractivity contribution in [3.05, 3.63) is 75.9 Å². The van der Waals surface area contributed by atoms with Crippen molar-refractivity contribution in [1.82, 2.24) is 15.3 Å². The Hall–Kier alpha value is -3.65. The van der Waals surface area contributed by atoms with Gasteiger partial charge in [-0.05, 0) is 24.5 Å². The molecule has 1 fully saturated rings. The third kappa shape index (κ3) is 4.41. The quantitative estimate of drug-likeness (QED) is 0.438. The predicted octanol–water partition coefficient (Wildman–Crippen LogP) is 4.19. The van der Waals surface area contributed by atoms with Crippen LogP contribution in [0.4, 0.5) is 5.95 Å². The summed E-state index contributed by atoms with van der Waals surface area (Å²) in [5.41, 5.74) is 3.49. The molecule has 2 aromatic heterocycles. The van der Waals surface area contributed by atoms with E-state index in [2.05, 4.69) is 10.3 Å². The minimum Gasteiger partial charge on any atom is -0.496 e. The second kappa shape index (κ2) is 9.69. The molecule has 2 N–H and O–H groups in total. The van der Waals surface area contributed by atoms with Gasteiger partial charge in [-0.25, -0.2) is 4.98 Å². The van der Waals surface area contributed by atoms with Gasteiger partial charge in [0.1, 0.15) is 10.4 Å². The summed E-state index contributed by atoms with van der Waals surface area (Å²) in [5.74, 6) is 1.10. The topological polar surface area (TPSA) is 87.3 Å². The van der Waals surface area contributed by atoms with Gasteiger partial charge >= 0.3 is 0 Å². The van der Waals surface area contributed by atoms with Crippen LogP contribution < -0.4 is 20.5 Å². The molecule has 1 aliphatic heterocycles. The molecule has 3 heterocycles. The van der Waals surface area contributed by atoms with E-state index in [-0.39, 0.29) is 17.4 Å². The standard InChI is InChI=1S/C26H26N4O3S/c1-33-21-12-6-5-10-18(21)14-27-24(31)19-11-7-13-30(15-19)26-28-22-20(17-8-3-2-4-9-17)16-34-23(22)25(32)29-26/h2-6,8-10,12,16,19H,7,11,13-15H2,1H3,(H,27,31)(H,28,29,32)/t19-/m1/s1. The highest BCUT2D eigenvalue weighted by Crippen LogP contribution is 2.32. The number of para-hydroxylation sites is 1. The van der Waals surface area contributed by atoms with E-state index < -0.39 is 0 Å². The van der Waals surface area contributed by atoms with Crippen LogP contribution in [0.5, 0.6) is 5.75 Å². The van der Waals surface area contributed by atoms with E-state index in [9.17, 15) is 9.59 Å². The Morgan fingerprint density at radius 3 is 2.82 bits per heavy atom. The fourth-order valence-corrected chi connectivity index (χ4v) is 5.36. The number of H-pyrrole nitrogens is 1. The molecule has 4 aromatic rings. The van der Waals surface area contributed by atoms with Crippen molar-refractivity contribution in [2.24, 2.45) is 5.92 Å². The Morgan fingerprint density at radius 1 is 1.21 bits per heavy atom. The molecule has 0 unspecified atom stereocenters. The SMILES string of the molecule is COc1ccccc1CNC(=O)[C@@H]1CCCN(c2nc3c(-c4ccccc4)csc3c(=O)[nH]2)C1. The number of nitrogens with one attached hydrogen (secondary N) is 2. The number of carbonyl (C=O) groups is 1. The molecular weight excluding hydrogens is 448 g/mol. The van der Waals surface area contributed by atoms with Gasteiger partial charge in [-0.15, -0.1) is 11.3 Å². The zero-order valence-electron chi connectivity index (χ0n) is 18.9. The van der Waals surface area contributed by atoms with E-state index in [1.165, 1.54) is 11.3 Å². The van der Waals surface area contributed by atoms with Crippen LogP contribution in [0.1, 0.15) is 18.4 Å². The van der Waals surface area contributed by atoms with E-state index in [0.29, 0.717) is 29.3 Å². The second-order valence-electron chi connectivity index (χ2n) is 8.40. The summed E-state index contributed by atoms with van der Waals surface area (Å²) in [4.78, 5) is 35.6. The average molecular weight is 475 g/mol. The number of ether oxygens (including phenoxy) is 1. The first-order valence-electron chi connectivity index (χ1n) is 11.4. The Bertz CT molecular complexity index is 1370. The highest BCUT2D eigenvalue weighted by atomic mass is 32.1. The summed E-state index contributed by atoms with van der Waals surface area (Å²) in [5, 5.41) is 5.03. The molecule has 0 radical (unpaired) electrons. The van der Waals surface area contributed by atoms with Gasteiger partial charge in [0, 0.05) is 36.1 Å². The highest BCUT2D eigenvalue weighted by molar-refractivity contribution is 7.17. The number of nitrogens with zero attached hydrogens (tertiary/aromatic N) is 2. The fraction of sp³-hybridized carbons (Fsp3) is 0.269. The summed E-state index contributed by atoms with van der Waals surface area (Å²) in [7, 11) is 1.63. The number of fused-ring (bicyclic) bond motifs is 1. The molecular formula is C26H26N4O3S. The maximum absolute atomic E-state index is 13.0.